The molecule has 0 aliphatic carbocycles. The first-order chi connectivity index (χ1) is 6.70. The van der Waals surface area contributed by atoms with Crippen molar-refractivity contribution < 1.29 is 5.11 Å². The standard InChI is InChI=1S/C11H14N2O/c1-2-10(14)11(13)9-6-4-3-5-8(9)7-12/h3-6,10-11,14H,2,13H2,1H3. The first-order valence-corrected chi connectivity index (χ1v) is 4.63. The number of hydrogen-bond donors (Lipinski definition) is 2. The van der Waals surface area contributed by atoms with Gasteiger partial charge in [-0.3, -0.25) is 0 Å². The van der Waals surface area contributed by atoms with Crippen LogP contribution in [0, 0.1) is 11.3 Å². The Labute approximate surface area is 83.8 Å². The van der Waals surface area contributed by atoms with Gasteiger partial charge >= 0.3 is 0 Å². The van der Waals surface area contributed by atoms with E-state index in [0.29, 0.717) is 17.5 Å². The van der Waals surface area contributed by atoms with Gasteiger partial charge in [0.1, 0.15) is 0 Å². The van der Waals surface area contributed by atoms with Gasteiger partial charge in [0.2, 0.25) is 0 Å². The molecule has 14 heavy (non-hydrogen) atoms. The van der Waals surface area contributed by atoms with E-state index in [2.05, 4.69) is 6.07 Å². The second-order valence-corrected chi connectivity index (χ2v) is 3.20. The van der Waals surface area contributed by atoms with Crippen LogP contribution < -0.4 is 5.73 Å². The zero-order valence-electron chi connectivity index (χ0n) is 8.14. The number of nitrogens with zero attached hydrogens (tertiary/aromatic N) is 1. The molecule has 0 fully saturated rings. The normalized spacial score (nSPS) is 14.4. The Bertz CT molecular complexity index is 343. The summed E-state index contributed by atoms with van der Waals surface area (Å²) in [7, 11) is 0. The van der Waals surface area contributed by atoms with E-state index in [1.165, 1.54) is 0 Å². The summed E-state index contributed by atoms with van der Waals surface area (Å²) in [6.07, 6.45) is -0.00880. The van der Waals surface area contributed by atoms with E-state index < -0.39 is 12.1 Å². The lowest BCUT2D eigenvalue weighted by Gasteiger charge is -2.18. The largest absolute Gasteiger partial charge is 0.391 e. The van der Waals surface area contributed by atoms with Gasteiger partial charge in [0.25, 0.3) is 0 Å². The SMILES string of the molecule is CCC(O)C(N)c1ccccc1C#N. The van der Waals surface area contributed by atoms with E-state index in [1.54, 1.807) is 18.2 Å². The van der Waals surface area contributed by atoms with Crippen LogP contribution in [-0.2, 0) is 0 Å². The molecule has 0 heterocycles. The van der Waals surface area contributed by atoms with Gasteiger partial charge in [0.05, 0.1) is 23.8 Å². The lowest BCUT2D eigenvalue weighted by molar-refractivity contribution is 0.140. The molecule has 1 aromatic carbocycles. The first kappa shape index (κ1) is 10.7. The van der Waals surface area contributed by atoms with Gasteiger partial charge in [0.15, 0.2) is 0 Å². The van der Waals surface area contributed by atoms with Crippen LogP contribution >= 0.6 is 0 Å². The summed E-state index contributed by atoms with van der Waals surface area (Å²) < 4.78 is 0. The van der Waals surface area contributed by atoms with Crippen LogP contribution in [0.4, 0.5) is 0 Å². The molecule has 0 aliphatic heterocycles. The van der Waals surface area contributed by atoms with E-state index in [0.717, 1.165) is 0 Å². The number of benzene rings is 1. The Morgan fingerprint density at radius 3 is 2.71 bits per heavy atom. The maximum Gasteiger partial charge on any atom is 0.0995 e. The fourth-order valence-electron chi connectivity index (χ4n) is 1.35. The predicted molar refractivity (Wildman–Crippen MR) is 54.4 cm³/mol. The highest BCUT2D eigenvalue weighted by Gasteiger charge is 2.17. The van der Waals surface area contributed by atoms with E-state index in [-0.39, 0.29) is 0 Å². The van der Waals surface area contributed by atoms with Crippen LogP contribution in [0.1, 0.15) is 30.5 Å². The Morgan fingerprint density at radius 2 is 2.14 bits per heavy atom. The molecule has 3 N–H and O–H groups in total. The highest BCUT2D eigenvalue weighted by atomic mass is 16.3. The van der Waals surface area contributed by atoms with Crippen molar-refractivity contribution in [2.45, 2.75) is 25.5 Å². The van der Waals surface area contributed by atoms with Gasteiger partial charge in [-0.1, -0.05) is 25.1 Å². The summed E-state index contributed by atoms with van der Waals surface area (Å²) in [6.45, 7) is 1.86. The van der Waals surface area contributed by atoms with Crippen molar-refractivity contribution in [3.63, 3.8) is 0 Å². The summed E-state index contributed by atoms with van der Waals surface area (Å²) in [5.41, 5.74) is 7.07. The van der Waals surface area contributed by atoms with Crippen molar-refractivity contribution in [3.8, 4) is 6.07 Å². The quantitative estimate of drug-likeness (QED) is 0.755. The van der Waals surface area contributed by atoms with Crippen molar-refractivity contribution in [2.75, 3.05) is 0 Å². The molecule has 0 saturated carbocycles. The molecule has 0 radical (unpaired) electrons. The zero-order chi connectivity index (χ0) is 10.6. The van der Waals surface area contributed by atoms with Crippen LogP contribution in [0.3, 0.4) is 0 Å². The zero-order valence-corrected chi connectivity index (χ0v) is 8.14. The van der Waals surface area contributed by atoms with E-state index in [1.807, 2.05) is 13.0 Å². The van der Waals surface area contributed by atoms with Gasteiger partial charge in [0, 0.05) is 0 Å². The summed E-state index contributed by atoms with van der Waals surface area (Å²) in [4.78, 5) is 0. The fraction of sp³-hybridized carbons (Fsp3) is 0.364. The average molecular weight is 190 g/mol. The minimum atomic E-state index is -0.593. The molecular weight excluding hydrogens is 176 g/mol. The molecule has 3 nitrogen and oxygen atoms in total. The Kier molecular flexibility index (Phi) is 3.63. The van der Waals surface area contributed by atoms with Gasteiger partial charge in [-0.2, -0.15) is 5.26 Å². The molecule has 0 amide bonds. The van der Waals surface area contributed by atoms with Crippen molar-refractivity contribution in [1.82, 2.24) is 0 Å². The highest BCUT2D eigenvalue weighted by Crippen LogP contribution is 2.19. The van der Waals surface area contributed by atoms with E-state index >= 15 is 0 Å². The second-order valence-electron chi connectivity index (χ2n) is 3.20. The minimum Gasteiger partial charge on any atom is -0.391 e. The third-order valence-electron chi connectivity index (χ3n) is 2.27. The fourth-order valence-corrected chi connectivity index (χ4v) is 1.35. The van der Waals surface area contributed by atoms with Crippen LogP contribution in [0.5, 0.6) is 0 Å². The van der Waals surface area contributed by atoms with Gasteiger partial charge in [-0.25, -0.2) is 0 Å². The monoisotopic (exact) mass is 190 g/mol. The van der Waals surface area contributed by atoms with Crippen LogP contribution in [0.15, 0.2) is 24.3 Å². The Hall–Kier alpha value is -1.37. The first-order valence-electron chi connectivity index (χ1n) is 4.63. The van der Waals surface area contributed by atoms with Crippen LogP contribution in [0.2, 0.25) is 0 Å². The molecule has 1 rings (SSSR count). The maximum atomic E-state index is 9.57. The molecule has 2 unspecified atom stereocenters. The van der Waals surface area contributed by atoms with Crippen molar-refractivity contribution >= 4 is 0 Å². The van der Waals surface area contributed by atoms with E-state index in [4.69, 9.17) is 11.0 Å². The average Bonchev–Trinajstić information content (AvgIpc) is 2.26. The summed E-state index contributed by atoms with van der Waals surface area (Å²) in [6, 6.07) is 8.68. The number of rotatable bonds is 3. The third-order valence-corrected chi connectivity index (χ3v) is 2.27. The summed E-state index contributed by atoms with van der Waals surface area (Å²) in [5.74, 6) is 0. The molecule has 0 aromatic heterocycles. The summed E-state index contributed by atoms with van der Waals surface area (Å²) in [5, 5.41) is 18.4. The minimum absolute atomic E-state index is 0.476. The molecule has 74 valence electrons. The maximum absolute atomic E-state index is 9.57. The Balaban J connectivity index is 3.01. The molecule has 3 heteroatoms. The highest BCUT2D eigenvalue weighted by molar-refractivity contribution is 5.39. The molecule has 0 bridgehead atoms. The number of aliphatic hydroxyl groups is 1. The number of nitriles is 1. The summed E-state index contributed by atoms with van der Waals surface area (Å²) >= 11 is 0. The number of nitrogens with two attached hydrogens (primary N) is 1. The van der Waals surface area contributed by atoms with E-state index in [9.17, 15) is 5.11 Å². The molecule has 0 spiro atoms. The molecule has 2 atom stereocenters. The second kappa shape index (κ2) is 4.75. The molecule has 0 aliphatic rings. The third kappa shape index (κ3) is 2.11. The van der Waals surface area contributed by atoms with Gasteiger partial charge in [-0.05, 0) is 18.1 Å². The molecular formula is C11H14N2O. The lowest BCUT2D eigenvalue weighted by Crippen LogP contribution is -2.26. The lowest BCUT2D eigenvalue weighted by atomic mass is 9.96. The van der Waals surface area contributed by atoms with Gasteiger partial charge < -0.3 is 10.8 Å². The van der Waals surface area contributed by atoms with Crippen LogP contribution in [-0.4, -0.2) is 11.2 Å². The smallest absolute Gasteiger partial charge is 0.0995 e. The Morgan fingerprint density at radius 1 is 1.50 bits per heavy atom. The predicted octanol–water partition coefficient (Wildman–Crippen LogP) is 1.33. The number of aliphatic hydroxyl groups excluding tert-OH is 1. The topological polar surface area (TPSA) is 70.0 Å². The van der Waals surface area contributed by atoms with Crippen molar-refractivity contribution in [3.05, 3.63) is 35.4 Å². The van der Waals surface area contributed by atoms with Gasteiger partial charge in [-0.15, -0.1) is 0 Å². The molecule has 0 saturated heterocycles. The van der Waals surface area contributed by atoms with Crippen LogP contribution in [0.25, 0.3) is 0 Å². The number of hydrogen-bond acceptors (Lipinski definition) is 3. The van der Waals surface area contributed by atoms with Crippen molar-refractivity contribution in [1.29, 1.82) is 5.26 Å². The molecule has 1 aromatic rings. The van der Waals surface area contributed by atoms with Crippen molar-refractivity contribution in [2.24, 2.45) is 5.73 Å².